The molecule has 96 valence electrons. The Bertz CT molecular complexity index is 743. The van der Waals surface area contributed by atoms with Gasteiger partial charge in [-0.05, 0) is 18.6 Å². The van der Waals surface area contributed by atoms with Gasteiger partial charge < -0.3 is 4.57 Å². The molecule has 2 aromatic heterocycles. The quantitative estimate of drug-likeness (QED) is 0.494. The van der Waals surface area contributed by atoms with Crippen molar-refractivity contribution in [3.8, 4) is 17.1 Å². The summed E-state index contributed by atoms with van der Waals surface area (Å²) in [4.78, 5) is 8.63. The van der Waals surface area contributed by atoms with E-state index in [1.165, 1.54) is 5.56 Å². The lowest BCUT2D eigenvalue weighted by atomic mass is 10.1. The molecule has 3 heterocycles. The fourth-order valence-electron chi connectivity index (χ4n) is 2.53. The van der Waals surface area contributed by atoms with Gasteiger partial charge in [0.2, 0.25) is 0 Å². The van der Waals surface area contributed by atoms with Gasteiger partial charge in [0.1, 0.15) is 6.33 Å². The molecule has 4 rings (SSSR count). The van der Waals surface area contributed by atoms with Crippen molar-refractivity contribution in [3.63, 3.8) is 0 Å². The molecule has 0 radical (unpaired) electrons. The van der Waals surface area contributed by atoms with Gasteiger partial charge >= 0.3 is 0 Å². The summed E-state index contributed by atoms with van der Waals surface area (Å²) in [6.07, 6.45) is 5.33. The Kier molecular flexibility index (Phi) is 2.64. The molecule has 0 bridgehead atoms. The number of rotatable bonds is 0. The van der Waals surface area contributed by atoms with Crippen molar-refractivity contribution in [3.05, 3.63) is 48.3 Å². The van der Waals surface area contributed by atoms with Crippen LogP contribution < -0.4 is 0 Å². The number of fused-ring (bicyclic) bond motifs is 5. The van der Waals surface area contributed by atoms with Crippen LogP contribution in [-0.2, 0) is 6.54 Å². The number of hydrogen-bond acceptors (Lipinski definition) is 3. The molecule has 1 aliphatic rings. The molecule has 0 fully saturated rings. The third-order valence-electron chi connectivity index (χ3n) is 3.38. The Labute approximate surface area is 116 Å². The molecule has 6 heteroatoms. The Balaban J connectivity index is 0.00000110. The van der Waals surface area contributed by atoms with Crippen LogP contribution in [0, 0.1) is 6.92 Å². The summed E-state index contributed by atoms with van der Waals surface area (Å²) in [5, 5.41) is 4.30. The van der Waals surface area contributed by atoms with E-state index in [0.717, 1.165) is 22.8 Å². The number of hydrogen-bond donors (Lipinski definition) is 0. The molecule has 1 aromatic carbocycles. The van der Waals surface area contributed by atoms with Crippen molar-refractivity contribution in [2.75, 3.05) is 0 Å². The van der Waals surface area contributed by atoms with E-state index in [1.54, 1.807) is 6.33 Å². The first kappa shape index (κ1) is 11.9. The molecule has 0 aliphatic carbocycles. The molecule has 3 aromatic rings. The molecule has 0 spiro atoms. The number of nitrogens with zero attached hydrogens (tertiary/aromatic N) is 5. The summed E-state index contributed by atoms with van der Waals surface area (Å²) >= 11 is 0. The minimum atomic E-state index is 0. The summed E-state index contributed by atoms with van der Waals surface area (Å²) < 4.78 is 4.03. The predicted octanol–water partition coefficient (Wildman–Crippen LogP) is 2.22. The van der Waals surface area contributed by atoms with Gasteiger partial charge in [-0.25, -0.2) is 14.6 Å². The maximum atomic E-state index is 4.40. The maximum Gasteiger partial charge on any atom is 0.160 e. The van der Waals surface area contributed by atoms with Gasteiger partial charge in [0.05, 0.1) is 30.5 Å². The van der Waals surface area contributed by atoms with Crippen LogP contribution in [0.15, 0.2) is 37.1 Å². The lowest BCUT2D eigenvalue weighted by Crippen LogP contribution is -2.03. The van der Waals surface area contributed by atoms with Crippen molar-refractivity contribution < 1.29 is 0 Å². The fraction of sp³-hybridized carbons (Fsp3) is 0.154. The standard InChI is InChI=1S/C13H11N5.ClH/c1-9-3-2-4-11-12(9)13-15-7-16-18(13)6-10-5-14-8-17(10)11;/h2-5,7-8H,6H2,1H3;1H. The zero-order chi connectivity index (χ0) is 12.1. The van der Waals surface area contributed by atoms with Crippen LogP contribution in [0.5, 0.6) is 0 Å². The lowest BCUT2D eigenvalue weighted by Gasteiger charge is -2.10. The fourth-order valence-corrected chi connectivity index (χ4v) is 2.53. The molecular weight excluding hydrogens is 262 g/mol. The highest BCUT2D eigenvalue weighted by Gasteiger charge is 2.21. The second-order valence-corrected chi connectivity index (χ2v) is 4.47. The number of aryl methyl sites for hydroxylation is 1. The van der Waals surface area contributed by atoms with E-state index in [1.807, 2.05) is 17.2 Å². The largest absolute Gasteiger partial charge is 0.301 e. The first-order chi connectivity index (χ1) is 8.84. The van der Waals surface area contributed by atoms with E-state index in [-0.39, 0.29) is 12.4 Å². The molecule has 0 unspecified atom stereocenters. The summed E-state index contributed by atoms with van der Waals surface area (Å²) in [6.45, 7) is 2.79. The predicted molar refractivity (Wildman–Crippen MR) is 73.7 cm³/mol. The van der Waals surface area contributed by atoms with E-state index < -0.39 is 0 Å². The molecule has 0 saturated heterocycles. The van der Waals surface area contributed by atoms with Crippen molar-refractivity contribution in [2.24, 2.45) is 0 Å². The van der Waals surface area contributed by atoms with Crippen LogP contribution in [-0.4, -0.2) is 24.3 Å². The van der Waals surface area contributed by atoms with Crippen LogP contribution in [0.4, 0.5) is 0 Å². The molecule has 0 atom stereocenters. The monoisotopic (exact) mass is 273 g/mol. The minimum Gasteiger partial charge on any atom is -0.301 e. The smallest absolute Gasteiger partial charge is 0.160 e. The van der Waals surface area contributed by atoms with Crippen molar-refractivity contribution in [1.29, 1.82) is 0 Å². The SMILES string of the molecule is Cc1cccc2c1-c1ncnn1Cc1cncn1-2.Cl. The first-order valence-electron chi connectivity index (χ1n) is 5.84. The Morgan fingerprint density at radius 1 is 1.26 bits per heavy atom. The second kappa shape index (κ2) is 4.20. The van der Waals surface area contributed by atoms with Crippen LogP contribution in [0.2, 0.25) is 0 Å². The van der Waals surface area contributed by atoms with Gasteiger partial charge in [0.25, 0.3) is 0 Å². The molecular formula is C13H12ClN5. The van der Waals surface area contributed by atoms with Crippen LogP contribution in [0.1, 0.15) is 11.3 Å². The van der Waals surface area contributed by atoms with E-state index in [4.69, 9.17) is 0 Å². The second-order valence-electron chi connectivity index (χ2n) is 4.47. The van der Waals surface area contributed by atoms with Crippen LogP contribution >= 0.6 is 12.4 Å². The molecule has 0 N–H and O–H groups in total. The van der Waals surface area contributed by atoms with E-state index in [2.05, 4.69) is 44.8 Å². The highest BCUT2D eigenvalue weighted by molar-refractivity contribution is 5.85. The molecule has 5 nitrogen and oxygen atoms in total. The van der Waals surface area contributed by atoms with Gasteiger partial charge in [-0.1, -0.05) is 12.1 Å². The maximum absolute atomic E-state index is 4.40. The minimum absolute atomic E-state index is 0. The number of aromatic nitrogens is 5. The lowest BCUT2D eigenvalue weighted by molar-refractivity contribution is 0.677. The molecule has 0 saturated carbocycles. The van der Waals surface area contributed by atoms with Crippen LogP contribution in [0.3, 0.4) is 0 Å². The first-order valence-corrected chi connectivity index (χ1v) is 5.84. The number of benzene rings is 1. The summed E-state index contributed by atoms with van der Waals surface area (Å²) in [6, 6.07) is 6.25. The van der Waals surface area contributed by atoms with Gasteiger partial charge in [-0.2, -0.15) is 5.10 Å². The zero-order valence-corrected chi connectivity index (χ0v) is 11.1. The van der Waals surface area contributed by atoms with Crippen molar-refractivity contribution in [1.82, 2.24) is 24.3 Å². The third kappa shape index (κ3) is 1.58. The van der Waals surface area contributed by atoms with E-state index >= 15 is 0 Å². The summed E-state index contributed by atoms with van der Waals surface area (Å²) in [5.74, 6) is 0.923. The van der Waals surface area contributed by atoms with Gasteiger partial charge in [0, 0.05) is 5.56 Å². The molecule has 19 heavy (non-hydrogen) atoms. The van der Waals surface area contributed by atoms with Gasteiger partial charge in [-0.15, -0.1) is 12.4 Å². The molecule has 0 amide bonds. The number of imidazole rings is 1. The number of halogens is 1. The zero-order valence-electron chi connectivity index (χ0n) is 10.3. The van der Waals surface area contributed by atoms with Crippen molar-refractivity contribution in [2.45, 2.75) is 13.5 Å². The Hall–Kier alpha value is -2.14. The highest BCUT2D eigenvalue weighted by Crippen LogP contribution is 2.32. The average molecular weight is 274 g/mol. The average Bonchev–Trinajstić information content (AvgIpc) is 2.97. The highest BCUT2D eigenvalue weighted by atomic mass is 35.5. The summed E-state index contributed by atoms with van der Waals surface area (Å²) in [5.41, 5.74) is 4.57. The molecule has 1 aliphatic heterocycles. The normalized spacial score (nSPS) is 11.8. The Morgan fingerprint density at radius 3 is 3.05 bits per heavy atom. The van der Waals surface area contributed by atoms with Crippen LogP contribution in [0.25, 0.3) is 17.1 Å². The van der Waals surface area contributed by atoms with Crippen molar-refractivity contribution >= 4 is 12.4 Å². The van der Waals surface area contributed by atoms with Gasteiger partial charge in [0.15, 0.2) is 5.82 Å². The third-order valence-corrected chi connectivity index (χ3v) is 3.38. The van der Waals surface area contributed by atoms with Gasteiger partial charge in [-0.3, -0.25) is 0 Å². The topological polar surface area (TPSA) is 48.5 Å². The Morgan fingerprint density at radius 2 is 2.16 bits per heavy atom. The van der Waals surface area contributed by atoms with E-state index in [0.29, 0.717) is 6.54 Å². The van der Waals surface area contributed by atoms with E-state index in [9.17, 15) is 0 Å². The summed E-state index contributed by atoms with van der Waals surface area (Å²) in [7, 11) is 0.